The first kappa shape index (κ1) is 19.0. The molecule has 0 unspecified atom stereocenters. The highest BCUT2D eigenvalue weighted by Crippen LogP contribution is 2.37. The molecule has 5 heteroatoms. The molecular weight excluding hydrogens is 415 g/mol. The molecule has 0 fully saturated rings. The number of ether oxygens (including phenoxy) is 1. The predicted octanol–water partition coefficient (Wildman–Crippen LogP) is 6.06. The fourth-order valence-corrected chi connectivity index (χ4v) is 3.40. The molecule has 1 aromatic carbocycles. The number of halogens is 2. The molecule has 0 heterocycles. The van der Waals surface area contributed by atoms with Gasteiger partial charge in [-0.05, 0) is 46.5 Å². The molecular formula is C16H24ClIO2Si. The summed E-state index contributed by atoms with van der Waals surface area (Å²) in [5.41, 5.74) is 0. The number of rotatable bonds is 6. The van der Waals surface area contributed by atoms with Gasteiger partial charge in [-0.3, -0.25) is 0 Å². The molecule has 0 saturated heterocycles. The molecule has 2 nitrogen and oxygen atoms in total. The van der Waals surface area contributed by atoms with Gasteiger partial charge < -0.3 is 9.16 Å². The van der Waals surface area contributed by atoms with Gasteiger partial charge in [-0.15, -0.1) is 0 Å². The van der Waals surface area contributed by atoms with Crippen molar-refractivity contribution in [2.75, 3.05) is 6.61 Å². The lowest BCUT2D eigenvalue weighted by Crippen LogP contribution is -2.44. The third-order valence-corrected chi connectivity index (χ3v) is 8.90. The first-order valence-corrected chi connectivity index (χ1v) is 11.5. The second kappa shape index (κ2) is 7.99. The molecule has 0 N–H and O–H groups in total. The highest BCUT2D eigenvalue weighted by atomic mass is 127. The van der Waals surface area contributed by atoms with Crippen LogP contribution in [-0.2, 0) is 4.43 Å². The smallest absolute Gasteiger partial charge is 0.193 e. The molecule has 0 aliphatic rings. The molecule has 0 bridgehead atoms. The summed E-state index contributed by atoms with van der Waals surface area (Å²) >= 11 is 8.18. The summed E-state index contributed by atoms with van der Waals surface area (Å²) in [6.45, 7) is 11.7. The van der Waals surface area contributed by atoms with Gasteiger partial charge in [0.25, 0.3) is 0 Å². The van der Waals surface area contributed by atoms with Gasteiger partial charge in [0.15, 0.2) is 8.32 Å². The molecule has 118 valence electrons. The maximum atomic E-state index is 6.38. The maximum absolute atomic E-state index is 6.38. The standard InChI is InChI=1S/C16H24ClIO2Si/c1-16(2,3)21(4,5)20-15(9-10-18)12-19-14-8-6-7-13(17)11-14/h6-11,15H,12H2,1-5H3/b10-9+/t15-/m1/s1. The minimum absolute atomic E-state index is 0.0400. The molecule has 0 saturated carbocycles. The van der Waals surface area contributed by atoms with Crippen molar-refractivity contribution in [2.24, 2.45) is 0 Å². The zero-order chi connectivity index (χ0) is 16.1. The highest BCUT2D eigenvalue weighted by Gasteiger charge is 2.38. The van der Waals surface area contributed by atoms with Crippen molar-refractivity contribution in [1.82, 2.24) is 0 Å². The molecule has 1 aromatic rings. The molecule has 1 atom stereocenters. The van der Waals surface area contributed by atoms with Crippen LogP contribution >= 0.6 is 34.2 Å². The lowest BCUT2D eigenvalue weighted by atomic mass is 10.2. The largest absolute Gasteiger partial charge is 0.491 e. The normalized spacial score (nSPS) is 14.4. The quantitative estimate of drug-likeness (QED) is 0.397. The van der Waals surface area contributed by atoms with E-state index in [2.05, 4.69) is 56.5 Å². The van der Waals surface area contributed by atoms with Crippen LogP contribution in [0, 0.1) is 0 Å². The van der Waals surface area contributed by atoms with Crippen LogP contribution in [0.25, 0.3) is 0 Å². The van der Waals surface area contributed by atoms with Gasteiger partial charge >= 0.3 is 0 Å². The van der Waals surface area contributed by atoms with Crippen LogP contribution in [0.3, 0.4) is 0 Å². The van der Waals surface area contributed by atoms with E-state index in [4.69, 9.17) is 20.8 Å². The summed E-state index contributed by atoms with van der Waals surface area (Å²) in [6.07, 6.45) is 2.01. The van der Waals surface area contributed by atoms with Crippen LogP contribution < -0.4 is 4.74 Å². The zero-order valence-corrected chi connectivity index (χ0v) is 17.2. The molecule has 0 amide bonds. The third-order valence-electron chi connectivity index (χ3n) is 3.75. The highest BCUT2D eigenvalue weighted by molar-refractivity contribution is 14.1. The summed E-state index contributed by atoms with van der Waals surface area (Å²) in [6, 6.07) is 7.44. The van der Waals surface area contributed by atoms with E-state index >= 15 is 0 Å². The molecule has 0 radical (unpaired) electrons. The van der Waals surface area contributed by atoms with Gasteiger partial charge in [-0.2, -0.15) is 0 Å². The zero-order valence-electron chi connectivity index (χ0n) is 13.3. The molecule has 0 aliphatic heterocycles. The average molecular weight is 439 g/mol. The lowest BCUT2D eigenvalue weighted by Gasteiger charge is -2.38. The monoisotopic (exact) mass is 438 g/mol. The Kier molecular flexibility index (Phi) is 7.23. The second-order valence-electron chi connectivity index (χ2n) is 6.50. The van der Waals surface area contributed by atoms with Gasteiger partial charge in [0, 0.05) is 5.02 Å². The summed E-state index contributed by atoms with van der Waals surface area (Å²) in [4.78, 5) is 0. The minimum Gasteiger partial charge on any atom is -0.491 e. The first-order chi connectivity index (χ1) is 9.65. The van der Waals surface area contributed by atoms with E-state index in [0.717, 1.165) is 5.75 Å². The van der Waals surface area contributed by atoms with Crippen molar-refractivity contribution < 1.29 is 9.16 Å². The Morgan fingerprint density at radius 3 is 2.52 bits per heavy atom. The predicted molar refractivity (Wildman–Crippen MR) is 102 cm³/mol. The maximum Gasteiger partial charge on any atom is 0.193 e. The Morgan fingerprint density at radius 1 is 1.33 bits per heavy atom. The Balaban J connectivity index is 2.71. The van der Waals surface area contributed by atoms with Crippen LogP contribution in [0.2, 0.25) is 23.2 Å². The third kappa shape index (κ3) is 6.30. The SMILES string of the molecule is CC(C)(C)[Si](C)(C)O[C@H](/C=C/I)COc1cccc(Cl)c1. The fourth-order valence-electron chi connectivity index (χ4n) is 1.50. The van der Waals surface area contributed by atoms with Crippen molar-refractivity contribution >= 4 is 42.5 Å². The number of hydrogen-bond acceptors (Lipinski definition) is 2. The van der Waals surface area contributed by atoms with Gasteiger partial charge in [-0.25, -0.2) is 0 Å². The molecule has 0 aliphatic carbocycles. The van der Waals surface area contributed by atoms with E-state index in [1.54, 1.807) is 0 Å². The van der Waals surface area contributed by atoms with Crippen molar-refractivity contribution in [1.29, 1.82) is 0 Å². The van der Waals surface area contributed by atoms with Crippen LogP contribution in [0.1, 0.15) is 20.8 Å². The van der Waals surface area contributed by atoms with Crippen molar-refractivity contribution in [3.8, 4) is 5.75 Å². The van der Waals surface area contributed by atoms with Gasteiger partial charge in [-0.1, -0.05) is 61.0 Å². The molecule has 0 aromatic heterocycles. The Bertz CT molecular complexity index is 483. The summed E-state index contributed by atoms with van der Waals surface area (Å²) in [7, 11) is -1.81. The van der Waals surface area contributed by atoms with Gasteiger partial charge in [0.2, 0.25) is 0 Å². The van der Waals surface area contributed by atoms with E-state index < -0.39 is 8.32 Å². The van der Waals surface area contributed by atoms with Crippen LogP contribution in [0.15, 0.2) is 34.4 Å². The van der Waals surface area contributed by atoms with Crippen molar-refractivity contribution in [3.05, 3.63) is 39.4 Å². The van der Waals surface area contributed by atoms with E-state index in [0.29, 0.717) is 11.6 Å². The van der Waals surface area contributed by atoms with Crippen LogP contribution in [0.5, 0.6) is 5.75 Å². The van der Waals surface area contributed by atoms with E-state index in [9.17, 15) is 0 Å². The van der Waals surface area contributed by atoms with Crippen LogP contribution in [-0.4, -0.2) is 21.0 Å². The topological polar surface area (TPSA) is 18.5 Å². The number of hydrogen-bond donors (Lipinski definition) is 0. The first-order valence-electron chi connectivity index (χ1n) is 6.99. The molecule has 1 rings (SSSR count). The van der Waals surface area contributed by atoms with Crippen molar-refractivity contribution in [2.45, 2.75) is 45.0 Å². The Labute approximate surface area is 148 Å². The summed E-state index contributed by atoms with van der Waals surface area (Å²) in [5.74, 6) is 0.771. The summed E-state index contributed by atoms with van der Waals surface area (Å²) in [5, 5.41) is 0.860. The van der Waals surface area contributed by atoms with Gasteiger partial charge in [0.05, 0.1) is 6.10 Å². The van der Waals surface area contributed by atoms with Gasteiger partial charge in [0.1, 0.15) is 12.4 Å². The Morgan fingerprint density at radius 2 is 2.00 bits per heavy atom. The van der Waals surface area contributed by atoms with Crippen molar-refractivity contribution in [3.63, 3.8) is 0 Å². The lowest BCUT2D eigenvalue weighted by molar-refractivity contribution is 0.150. The number of benzene rings is 1. The summed E-state index contributed by atoms with van der Waals surface area (Å²) < 4.78 is 14.2. The molecule has 0 spiro atoms. The second-order valence-corrected chi connectivity index (χ2v) is 12.4. The van der Waals surface area contributed by atoms with E-state index in [1.807, 2.05) is 34.4 Å². The fraction of sp³-hybridized carbons (Fsp3) is 0.500. The average Bonchev–Trinajstić information content (AvgIpc) is 2.34. The minimum atomic E-state index is -1.81. The van der Waals surface area contributed by atoms with E-state index in [-0.39, 0.29) is 11.1 Å². The molecule has 21 heavy (non-hydrogen) atoms. The van der Waals surface area contributed by atoms with E-state index in [1.165, 1.54) is 0 Å². The van der Waals surface area contributed by atoms with Crippen LogP contribution in [0.4, 0.5) is 0 Å². The Hall–Kier alpha value is -0.0431.